The van der Waals surface area contributed by atoms with E-state index in [4.69, 9.17) is 0 Å². The van der Waals surface area contributed by atoms with Gasteiger partial charge in [0.25, 0.3) is 11.8 Å². The summed E-state index contributed by atoms with van der Waals surface area (Å²) >= 11 is 0. The van der Waals surface area contributed by atoms with Crippen molar-refractivity contribution in [3.8, 4) is 0 Å². The number of amides is 2. The van der Waals surface area contributed by atoms with Crippen molar-refractivity contribution in [2.45, 2.75) is 59.4 Å². The summed E-state index contributed by atoms with van der Waals surface area (Å²) in [6.07, 6.45) is 16.5. The molecule has 1 aliphatic rings. The van der Waals surface area contributed by atoms with Gasteiger partial charge in [0.2, 0.25) is 0 Å². The topological polar surface area (TPSA) is 54.5 Å². The van der Waals surface area contributed by atoms with Gasteiger partial charge in [0.05, 0.1) is 11.6 Å². The predicted octanol–water partition coefficient (Wildman–Crippen LogP) is 7.61. The molecule has 0 aromatic heterocycles. The zero-order valence-electron chi connectivity index (χ0n) is 23.5. The maximum absolute atomic E-state index is 13.4. The Bertz CT molecular complexity index is 1300. The molecule has 2 aromatic carbocycles. The largest absolute Gasteiger partial charge is 0.294 e. The van der Waals surface area contributed by atoms with Gasteiger partial charge < -0.3 is 0 Å². The maximum Gasteiger partial charge on any atom is 0.264 e. The number of nitrogens with zero attached hydrogens (tertiary/aromatic N) is 1. The highest BCUT2D eigenvalue weighted by Gasteiger charge is 2.39. The Morgan fingerprint density at radius 1 is 0.949 bits per heavy atom. The first-order valence-electron chi connectivity index (χ1n) is 13.7. The van der Waals surface area contributed by atoms with Gasteiger partial charge in [-0.3, -0.25) is 19.3 Å². The number of ketones is 1. The first-order chi connectivity index (χ1) is 18.8. The van der Waals surface area contributed by atoms with E-state index in [2.05, 4.69) is 44.2 Å². The van der Waals surface area contributed by atoms with Gasteiger partial charge in [0.1, 0.15) is 0 Å². The molecular weight excluding hydrogens is 482 g/mol. The van der Waals surface area contributed by atoms with E-state index in [0.717, 1.165) is 17.6 Å². The van der Waals surface area contributed by atoms with Crippen LogP contribution in [0.2, 0.25) is 0 Å². The summed E-state index contributed by atoms with van der Waals surface area (Å²) in [5.41, 5.74) is 3.89. The molecule has 2 aromatic rings. The van der Waals surface area contributed by atoms with Gasteiger partial charge >= 0.3 is 0 Å². The minimum Gasteiger partial charge on any atom is -0.294 e. The molecule has 0 saturated carbocycles. The predicted molar refractivity (Wildman–Crippen MR) is 159 cm³/mol. The lowest BCUT2D eigenvalue weighted by Gasteiger charge is -2.23. The molecule has 4 nitrogen and oxygen atoms in total. The summed E-state index contributed by atoms with van der Waals surface area (Å²) in [6.45, 7) is 8.27. The Hall–Kier alpha value is -4.05. The Kier molecular flexibility index (Phi) is 11.2. The number of carbonyl (C=O) groups excluding carboxylic acids is 3. The fraction of sp³-hybridized carbons (Fsp3) is 0.286. The van der Waals surface area contributed by atoms with E-state index in [1.165, 1.54) is 10.5 Å². The molecule has 2 atom stereocenters. The van der Waals surface area contributed by atoms with E-state index in [1.807, 2.05) is 56.3 Å². The Labute approximate surface area is 233 Å². The van der Waals surface area contributed by atoms with Crippen LogP contribution in [0.1, 0.15) is 62.9 Å². The van der Waals surface area contributed by atoms with Crippen molar-refractivity contribution >= 4 is 17.6 Å². The number of hydrogen-bond acceptors (Lipinski definition) is 3. The van der Waals surface area contributed by atoms with Gasteiger partial charge in [-0.25, -0.2) is 0 Å². The maximum atomic E-state index is 13.4. The fourth-order valence-corrected chi connectivity index (χ4v) is 4.56. The third-order valence-corrected chi connectivity index (χ3v) is 6.85. The fourth-order valence-electron chi connectivity index (χ4n) is 4.56. The molecule has 2 amide bonds. The van der Waals surface area contributed by atoms with Gasteiger partial charge in [-0.05, 0) is 69.7 Å². The molecule has 0 saturated heterocycles. The molecule has 0 spiro atoms. The molecule has 1 heterocycles. The van der Waals surface area contributed by atoms with Crippen molar-refractivity contribution < 1.29 is 14.4 Å². The monoisotopic (exact) mass is 521 g/mol. The van der Waals surface area contributed by atoms with E-state index >= 15 is 0 Å². The average molecular weight is 522 g/mol. The third-order valence-electron chi connectivity index (χ3n) is 6.85. The van der Waals surface area contributed by atoms with Crippen LogP contribution in [0.4, 0.5) is 0 Å². The lowest BCUT2D eigenvalue weighted by molar-refractivity contribution is -0.127. The lowest BCUT2D eigenvalue weighted by Crippen LogP contribution is -2.41. The first kappa shape index (κ1) is 29.5. The van der Waals surface area contributed by atoms with Crippen LogP contribution in [-0.4, -0.2) is 28.5 Å². The molecular formula is C35H39NO3. The average Bonchev–Trinajstić information content (AvgIpc) is 3.27. The number of allylic oxidation sites excluding steroid dienone is 8. The van der Waals surface area contributed by atoms with Crippen molar-refractivity contribution in [3.05, 3.63) is 131 Å². The van der Waals surface area contributed by atoms with Crippen LogP contribution in [0, 0.1) is 5.92 Å². The van der Waals surface area contributed by atoms with Crippen LogP contribution in [0.3, 0.4) is 0 Å². The molecule has 1 aliphatic heterocycles. The van der Waals surface area contributed by atoms with Crippen molar-refractivity contribution in [1.82, 2.24) is 4.90 Å². The second kappa shape index (κ2) is 14.8. The van der Waals surface area contributed by atoms with Crippen molar-refractivity contribution in [2.75, 3.05) is 0 Å². The molecule has 0 radical (unpaired) electrons. The van der Waals surface area contributed by atoms with Gasteiger partial charge in [-0.15, -0.1) is 0 Å². The molecule has 0 fully saturated rings. The van der Waals surface area contributed by atoms with Crippen LogP contribution in [-0.2, 0) is 16.0 Å². The summed E-state index contributed by atoms with van der Waals surface area (Å²) in [5, 5.41) is 0. The molecule has 0 N–H and O–H groups in total. The normalized spacial score (nSPS) is 17.2. The quantitative estimate of drug-likeness (QED) is 0.125. The van der Waals surface area contributed by atoms with Gasteiger partial charge in [-0.1, -0.05) is 103 Å². The van der Waals surface area contributed by atoms with Crippen LogP contribution in [0.15, 0.2) is 120 Å². The van der Waals surface area contributed by atoms with E-state index < -0.39 is 11.9 Å². The van der Waals surface area contributed by atoms with Crippen molar-refractivity contribution in [2.24, 2.45) is 5.92 Å². The van der Waals surface area contributed by atoms with Gasteiger partial charge in [0, 0.05) is 12.0 Å². The lowest BCUT2D eigenvalue weighted by atomic mass is 9.99. The zero-order chi connectivity index (χ0) is 28.2. The first-order valence-corrected chi connectivity index (χ1v) is 13.7. The van der Waals surface area contributed by atoms with Crippen LogP contribution < -0.4 is 0 Å². The van der Waals surface area contributed by atoms with E-state index in [1.54, 1.807) is 30.3 Å². The number of carbonyl (C=O) groups is 3. The van der Waals surface area contributed by atoms with E-state index in [-0.39, 0.29) is 23.7 Å². The Balaban J connectivity index is 1.66. The molecule has 3 rings (SSSR count). The highest BCUT2D eigenvalue weighted by molar-refractivity contribution is 6.25. The van der Waals surface area contributed by atoms with E-state index in [0.29, 0.717) is 24.3 Å². The van der Waals surface area contributed by atoms with Gasteiger partial charge in [-0.2, -0.15) is 0 Å². The smallest absolute Gasteiger partial charge is 0.264 e. The second-order valence-corrected chi connectivity index (χ2v) is 10.2. The van der Waals surface area contributed by atoms with Crippen LogP contribution in [0.25, 0.3) is 0 Å². The number of Topliss-reactive ketones (excluding diaryl/α,β-unsaturated/α-hetero) is 1. The summed E-state index contributed by atoms with van der Waals surface area (Å²) in [5.74, 6) is -0.759. The summed E-state index contributed by atoms with van der Waals surface area (Å²) in [6, 6.07) is 18.0. The standard InChI is InChI=1S/C35H39NO3/c1-5-26(2)15-9-6-10-16-27(3)23-28(4)21-22-33(37)32-25-31(24-29-17-11-7-12-18-29)36(35(32)39)34(38)30-19-13-8-14-20-30/h5-15,17-20,23,25,27,31H,16,21-22,24H2,1-4H3/b10-6+,15-9+,26-5+,28-23+/t27-,31-/m0/s1. The molecule has 0 unspecified atom stereocenters. The molecule has 0 bridgehead atoms. The number of imide groups is 1. The van der Waals surface area contributed by atoms with Crippen LogP contribution >= 0.6 is 0 Å². The van der Waals surface area contributed by atoms with Crippen molar-refractivity contribution in [1.29, 1.82) is 0 Å². The highest BCUT2D eigenvalue weighted by atomic mass is 16.2. The molecule has 0 aliphatic carbocycles. The van der Waals surface area contributed by atoms with Crippen molar-refractivity contribution in [3.63, 3.8) is 0 Å². The van der Waals surface area contributed by atoms with Gasteiger partial charge in [0.15, 0.2) is 5.78 Å². The highest BCUT2D eigenvalue weighted by Crippen LogP contribution is 2.26. The second-order valence-electron chi connectivity index (χ2n) is 10.2. The summed E-state index contributed by atoms with van der Waals surface area (Å²) in [4.78, 5) is 41.2. The third kappa shape index (κ3) is 8.75. The molecule has 39 heavy (non-hydrogen) atoms. The molecule has 202 valence electrons. The minimum absolute atomic E-state index is 0.118. The number of benzene rings is 2. The summed E-state index contributed by atoms with van der Waals surface area (Å²) in [7, 11) is 0. The van der Waals surface area contributed by atoms with E-state index in [9.17, 15) is 14.4 Å². The number of rotatable bonds is 12. The van der Waals surface area contributed by atoms with Crippen LogP contribution in [0.5, 0.6) is 0 Å². The summed E-state index contributed by atoms with van der Waals surface area (Å²) < 4.78 is 0. The number of hydrogen-bond donors (Lipinski definition) is 0. The Morgan fingerprint density at radius 3 is 2.28 bits per heavy atom. The SMILES string of the molecule is C/C=C(C)/C=C/C=C/C[C@H](C)/C=C(\C)CCC(=O)C1=C[C@H](Cc2ccccc2)N(C(=O)c2ccccc2)C1=O. The zero-order valence-corrected chi connectivity index (χ0v) is 23.5. The Morgan fingerprint density at radius 2 is 1.62 bits per heavy atom. The molecule has 4 heteroatoms. The minimum atomic E-state index is -0.504.